The van der Waals surface area contributed by atoms with Gasteiger partial charge in [0.1, 0.15) is 0 Å². The summed E-state index contributed by atoms with van der Waals surface area (Å²) >= 11 is 0. The second-order valence-electron chi connectivity index (χ2n) is 4.03. The van der Waals surface area contributed by atoms with E-state index in [2.05, 4.69) is 5.32 Å². The quantitative estimate of drug-likeness (QED) is 0.720. The third-order valence-corrected chi connectivity index (χ3v) is 2.52. The molecule has 0 aliphatic heterocycles. The van der Waals surface area contributed by atoms with Crippen LogP contribution in [-0.4, -0.2) is 41.7 Å². The summed E-state index contributed by atoms with van der Waals surface area (Å²) in [6, 6.07) is 8.60. The zero-order chi connectivity index (χ0) is 13.6. The van der Waals surface area contributed by atoms with E-state index >= 15 is 0 Å². The van der Waals surface area contributed by atoms with Crippen molar-refractivity contribution in [1.29, 1.82) is 0 Å². The molecule has 3 nitrogen and oxygen atoms in total. The van der Waals surface area contributed by atoms with Gasteiger partial charge >= 0.3 is 6.18 Å². The molecule has 3 N–H and O–H groups in total. The van der Waals surface area contributed by atoms with E-state index in [1.807, 2.05) is 30.3 Å². The van der Waals surface area contributed by atoms with E-state index in [4.69, 9.17) is 10.2 Å². The van der Waals surface area contributed by atoms with Crippen LogP contribution < -0.4 is 5.32 Å². The van der Waals surface area contributed by atoms with Crippen LogP contribution >= 0.6 is 0 Å². The summed E-state index contributed by atoms with van der Waals surface area (Å²) in [5.41, 5.74) is 0.908. The molecule has 2 unspecified atom stereocenters. The van der Waals surface area contributed by atoms with Crippen LogP contribution in [0.15, 0.2) is 30.3 Å². The molecule has 0 spiro atoms. The van der Waals surface area contributed by atoms with Crippen LogP contribution in [0, 0.1) is 0 Å². The van der Waals surface area contributed by atoms with Crippen molar-refractivity contribution in [3.8, 4) is 0 Å². The summed E-state index contributed by atoms with van der Waals surface area (Å²) in [6.07, 6.45) is -6.65. The average Bonchev–Trinajstić information content (AvgIpc) is 2.34. The summed E-state index contributed by atoms with van der Waals surface area (Å²) < 4.78 is 36.2. The summed E-state index contributed by atoms with van der Waals surface area (Å²) in [7, 11) is 0. The molecule has 1 aromatic carbocycles. The number of halogens is 3. The van der Waals surface area contributed by atoms with Crippen LogP contribution in [0.5, 0.6) is 0 Å². The average molecular weight is 263 g/mol. The Bertz CT molecular complexity index is 343. The first-order valence-electron chi connectivity index (χ1n) is 5.56. The highest BCUT2D eigenvalue weighted by Gasteiger charge is 2.38. The minimum atomic E-state index is -4.64. The number of hydrogen-bond donors (Lipinski definition) is 3. The third kappa shape index (κ3) is 5.03. The minimum Gasteiger partial charge on any atom is -0.395 e. The Morgan fingerprint density at radius 1 is 1.17 bits per heavy atom. The van der Waals surface area contributed by atoms with E-state index in [0.29, 0.717) is 6.42 Å². The maximum Gasteiger partial charge on any atom is 0.415 e. The maximum atomic E-state index is 12.1. The molecule has 0 bridgehead atoms. The van der Waals surface area contributed by atoms with Crippen LogP contribution in [-0.2, 0) is 6.42 Å². The molecule has 0 saturated carbocycles. The largest absolute Gasteiger partial charge is 0.415 e. The van der Waals surface area contributed by atoms with Crippen LogP contribution in [0.1, 0.15) is 5.56 Å². The van der Waals surface area contributed by atoms with E-state index in [0.717, 1.165) is 5.56 Å². The van der Waals surface area contributed by atoms with Crippen LogP contribution in [0.3, 0.4) is 0 Å². The number of aliphatic hydroxyl groups is 2. The first kappa shape index (κ1) is 14.9. The predicted molar refractivity (Wildman–Crippen MR) is 61.1 cm³/mol. The third-order valence-electron chi connectivity index (χ3n) is 2.52. The first-order chi connectivity index (χ1) is 8.43. The molecule has 0 aromatic heterocycles. The first-order valence-corrected chi connectivity index (χ1v) is 5.56. The van der Waals surface area contributed by atoms with Gasteiger partial charge < -0.3 is 15.5 Å². The second-order valence-corrected chi connectivity index (χ2v) is 4.03. The summed E-state index contributed by atoms with van der Waals surface area (Å²) in [5, 5.41) is 20.4. The second kappa shape index (κ2) is 6.72. The van der Waals surface area contributed by atoms with Gasteiger partial charge in [-0.15, -0.1) is 0 Å². The highest BCUT2D eigenvalue weighted by Crippen LogP contribution is 2.19. The summed E-state index contributed by atoms with van der Waals surface area (Å²) in [6.45, 7) is -0.916. The van der Waals surface area contributed by atoms with E-state index in [-0.39, 0.29) is 6.61 Å². The van der Waals surface area contributed by atoms with Crippen molar-refractivity contribution < 1.29 is 23.4 Å². The van der Waals surface area contributed by atoms with Gasteiger partial charge in [-0.2, -0.15) is 13.2 Å². The van der Waals surface area contributed by atoms with Gasteiger partial charge in [0.2, 0.25) is 0 Å². The molecule has 102 valence electrons. The Hall–Kier alpha value is -1.11. The van der Waals surface area contributed by atoms with Crippen molar-refractivity contribution in [3.63, 3.8) is 0 Å². The monoisotopic (exact) mass is 263 g/mol. The van der Waals surface area contributed by atoms with Gasteiger partial charge in [0.25, 0.3) is 0 Å². The number of nitrogens with one attached hydrogen (secondary N) is 1. The molecule has 0 heterocycles. The molecule has 6 heteroatoms. The SMILES string of the molecule is OCC(Cc1ccccc1)NCC(O)C(F)(F)F. The molecular weight excluding hydrogens is 247 g/mol. The maximum absolute atomic E-state index is 12.1. The lowest BCUT2D eigenvalue weighted by molar-refractivity contribution is -0.202. The Kier molecular flexibility index (Phi) is 5.58. The van der Waals surface area contributed by atoms with E-state index in [9.17, 15) is 13.2 Å². The van der Waals surface area contributed by atoms with Crippen molar-refractivity contribution in [1.82, 2.24) is 5.32 Å². The van der Waals surface area contributed by atoms with Gasteiger partial charge in [-0.1, -0.05) is 30.3 Å². The van der Waals surface area contributed by atoms with Gasteiger partial charge in [0.15, 0.2) is 6.10 Å². The number of hydrogen-bond acceptors (Lipinski definition) is 3. The molecule has 0 aliphatic carbocycles. The lowest BCUT2D eigenvalue weighted by atomic mass is 10.1. The molecule has 0 saturated heterocycles. The summed E-state index contributed by atoms with van der Waals surface area (Å²) in [4.78, 5) is 0. The highest BCUT2D eigenvalue weighted by atomic mass is 19.4. The number of benzene rings is 1. The van der Waals surface area contributed by atoms with E-state index < -0.39 is 24.9 Å². The molecule has 0 aliphatic rings. The van der Waals surface area contributed by atoms with Gasteiger partial charge in [-0.25, -0.2) is 0 Å². The van der Waals surface area contributed by atoms with Crippen molar-refractivity contribution in [2.75, 3.05) is 13.2 Å². The Labute approximate surface area is 103 Å². The van der Waals surface area contributed by atoms with Crippen LogP contribution in [0.4, 0.5) is 13.2 Å². The molecular formula is C12H16F3NO2. The molecule has 0 radical (unpaired) electrons. The van der Waals surface area contributed by atoms with Gasteiger partial charge in [-0.05, 0) is 12.0 Å². The topological polar surface area (TPSA) is 52.5 Å². The van der Waals surface area contributed by atoms with Crippen molar-refractivity contribution in [3.05, 3.63) is 35.9 Å². The van der Waals surface area contributed by atoms with Gasteiger partial charge in [0, 0.05) is 12.6 Å². The fraction of sp³-hybridized carbons (Fsp3) is 0.500. The lowest BCUT2D eigenvalue weighted by Crippen LogP contribution is -2.44. The molecule has 2 atom stereocenters. The molecule has 1 rings (SSSR count). The zero-order valence-corrected chi connectivity index (χ0v) is 9.69. The minimum absolute atomic E-state index is 0.292. The molecule has 18 heavy (non-hydrogen) atoms. The van der Waals surface area contributed by atoms with Gasteiger partial charge in [-0.3, -0.25) is 0 Å². The Morgan fingerprint density at radius 3 is 2.28 bits per heavy atom. The smallest absolute Gasteiger partial charge is 0.395 e. The molecule has 0 amide bonds. The number of alkyl halides is 3. The standard InChI is InChI=1S/C12H16F3NO2/c13-12(14,15)11(18)7-16-10(8-17)6-9-4-2-1-3-5-9/h1-5,10-11,16-18H,6-8H2. The lowest BCUT2D eigenvalue weighted by Gasteiger charge is -2.20. The number of aliphatic hydroxyl groups excluding tert-OH is 2. The normalized spacial score (nSPS) is 15.4. The van der Waals surface area contributed by atoms with E-state index in [1.165, 1.54) is 0 Å². The molecule has 1 aromatic rings. The van der Waals surface area contributed by atoms with Crippen LogP contribution in [0.25, 0.3) is 0 Å². The predicted octanol–water partition coefficient (Wildman–Crippen LogP) is 1.10. The Balaban J connectivity index is 2.43. The summed E-state index contributed by atoms with van der Waals surface area (Å²) in [5.74, 6) is 0. The van der Waals surface area contributed by atoms with Crippen molar-refractivity contribution in [2.24, 2.45) is 0 Å². The van der Waals surface area contributed by atoms with Crippen LogP contribution in [0.2, 0.25) is 0 Å². The fourth-order valence-electron chi connectivity index (χ4n) is 1.49. The van der Waals surface area contributed by atoms with Crippen molar-refractivity contribution >= 4 is 0 Å². The highest BCUT2D eigenvalue weighted by molar-refractivity contribution is 5.15. The fourth-order valence-corrected chi connectivity index (χ4v) is 1.49. The molecule has 0 fully saturated rings. The Morgan fingerprint density at radius 2 is 1.78 bits per heavy atom. The number of rotatable bonds is 6. The zero-order valence-electron chi connectivity index (χ0n) is 9.69. The van der Waals surface area contributed by atoms with Crippen molar-refractivity contribution in [2.45, 2.75) is 24.7 Å². The van der Waals surface area contributed by atoms with E-state index in [1.54, 1.807) is 0 Å². The van der Waals surface area contributed by atoms with Gasteiger partial charge in [0.05, 0.1) is 6.61 Å².